The fraction of sp³-hybridized carbons (Fsp3) is 0.130. The summed E-state index contributed by atoms with van der Waals surface area (Å²) in [4.78, 5) is 0. The summed E-state index contributed by atoms with van der Waals surface area (Å²) in [5.74, 6) is 13.4. The molecule has 0 heterocycles. The minimum atomic E-state index is -0.641. The second-order valence-electron chi connectivity index (χ2n) is 19.1. The topological polar surface area (TPSA) is 58.9 Å². The van der Waals surface area contributed by atoms with Gasteiger partial charge in [-0.1, -0.05) is 182 Å². The highest BCUT2D eigenvalue weighted by Crippen LogP contribution is 2.58. The van der Waals surface area contributed by atoms with E-state index in [4.69, 9.17) is 9.47 Å². The van der Waals surface area contributed by atoms with Gasteiger partial charge < -0.3 is 19.7 Å². The van der Waals surface area contributed by atoms with Crippen LogP contribution in [0.5, 0.6) is 11.5 Å². The summed E-state index contributed by atoms with van der Waals surface area (Å²) in [6, 6.07) is 74.8. The lowest BCUT2D eigenvalue weighted by Gasteiger charge is -2.34. The van der Waals surface area contributed by atoms with Crippen LogP contribution in [0.15, 0.2) is 206 Å². The lowest BCUT2D eigenvalue weighted by atomic mass is 9.67. The van der Waals surface area contributed by atoms with Crippen LogP contribution in [0.3, 0.4) is 0 Å². The number of aliphatic hydroxyl groups is 2. The van der Waals surface area contributed by atoms with E-state index in [0.29, 0.717) is 13.2 Å². The molecule has 2 aliphatic rings. The van der Waals surface area contributed by atoms with Crippen LogP contribution in [-0.2, 0) is 30.5 Å². The van der Waals surface area contributed by atoms with Gasteiger partial charge >= 0.3 is 0 Å². The van der Waals surface area contributed by atoms with Crippen LogP contribution in [0.25, 0.3) is 43.8 Å². The Bertz CT molecular complexity index is 3640. The molecular formula is C69H52O4. The maximum atomic E-state index is 10.5. The molecular weight excluding hydrogens is 893 g/mol. The summed E-state index contributed by atoms with van der Waals surface area (Å²) >= 11 is 0. The van der Waals surface area contributed by atoms with Crippen molar-refractivity contribution >= 4 is 21.5 Å². The van der Waals surface area contributed by atoms with E-state index in [9.17, 15) is 10.2 Å². The summed E-state index contributed by atoms with van der Waals surface area (Å²) in [5.41, 5.74) is 17.1. The average Bonchev–Trinajstić information content (AvgIpc) is 3.91. The highest BCUT2D eigenvalue weighted by molar-refractivity contribution is 5.92. The molecule has 10 aromatic rings. The van der Waals surface area contributed by atoms with Gasteiger partial charge in [-0.15, -0.1) is 11.8 Å². The van der Waals surface area contributed by atoms with Crippen molar-refractivity contribution in [3.05, 3.63) is 273 Å². The number of benzene rings is 10. The van der Waals surface area contributed by atoms with Crippen LogP contribution in [0, 0.1) is 23.7 Å². The Morgan fingerprint density at radius 2 is 0.726 bits per heavy atom. The largest absolute Gasteiger partial charge is 0.481 e. The number of rotatable bonds is 12. The average molecular weight is 945 g/mol. The van der Waals surface area contributed by atoms with E-state index in [-0.39, 0.29) is 13.2 Å². The van der Waals surface area contributed by atoms with Gasteiger partial charge in [-0.05, 0) is 167 Å². The van der Waals surface area contributed by atoms with Crippen molar-refractivity contribution in [3.8, 4) is 57.4 Å². The minimum absolute atomic E-state index is 0.0427. The fourth-order valence-corrected chi connectivity index (χ4v) is 11.9. The quantitative estimate of drug-likeness (QED) is 0.120. The first-order valence-corrected chi connectivity index (χ1v) is 25.0. The van der Waals surface area contributed by atoms with Gasteiger partial charge in [0.25, 0.3) is 0 Å². The molecule has 0 saturated carbocycles. The highest BCUT2D eigenvalue weighted by Gasteiger charge is 2.48. The molecule has 0 radical (unpaired) electrons. The van der Waals surface area contributed by atoms with Crippen LogP contribution in [0.2, 0.25) is 0 Å². The van der Waals surface area contributed by atoms with Crippen molar-refractivity contribution in [2.75, 3.05) is 13.2 Å². The Morgan fingerprint density at radius 3 is 1.15 bits per heavy atom. The number of hydrogen-bond acceptors (Lipinski definition) is 4. The van der Waals surface area contributed by atoms with Crippen molar-refractivity contribution in [2.45, 2.75) is 44.3 Å². The van der Waals surface area contributed by atoms with Crippen LogP contribution < -0.4 is 9.47 Å². The molecule has 0 aliphatic heterocycles. The zero-order valence-electron chi connectivity index (χ0n) is 40.9. The lowest BCUT2D eigenvalue weighted by Crippen LogP contribution is -2.29. The molecule has 73 heavy (non-hydrogen) atoms. The van der Waals surface area contributed by atoms with Gasteiger partial charge in [-0.25, -0.2) is 0 Å². The van der Waals surface area contributed by atoms with Crippen LogP contribution >= 0.6 is 0 Å². The second-order valence-corrected chi connectivity index (χ2v) is 19.1. The molecule has 0 saturated heterocycles. The van der Waals surface area contributed by atoms with E-state index in [2.05, 4.69) is 206 Å². The maximum Gasteiger partial charge on any atom is 0.149 e. The van der Waals surface area contributed by atoms with Crippen molar-refractivity contribution in [3.63, 3.8) is 0 Å². The third-order valence-corrected chi connectivity index (χ3v) is 15.2. The molecule has 0 amide bonds. The van der Waals surface area contributed by atoms with Crippen LogP contribution in [-0.4, -0.2) is 23.4 Å². The van der Waals surface area contributed by atoms with Gasteiger partial charge in [0.2, 0.25) is 0 Å². The molecule has 10 aromatic carbocycles. The van der Waals surface area contributed by atoms with Crippen molar-refractivity contribution in [1.29, 1.82) is 0 Å². The second kappa shape index (κ2) is 18.8. The van der Waals surface area contributed by atoms with Crippen molar-refractivity contribution in [1.82, 2.24) is 0 Å². The third kappa shape index (κ3) is 7.58. The zero-order valence-corrected chi connectivity index (χ0v) is 40.9. The Labute approximate surface area is 427 Å². The van der Waals surface area contributed by atoms with Crippen LogP contribution in [0.4, 0.5) is 0 Å². The van der Waals surface area contributed by atoms with Crippen molar-refractivity contribution < 1.29 is 19.7 Å². The van der Waals surface area contributed by atoms with Crippen molar-refractivity contribution in [2.24, 2.45) is 0 Å². The summed E-state index contributed by atoms with van der Waals surface area (Å²) in [7, 11) is 0. The molecule has 0 bridgehead atoms. The molecule has 2 atom stereocenters. The predicted octanol–water partition coefficient (Wildman–Crippen LogP) is 14.1. The summed E-state index contributed by atoms with van der Waals surface area (Å²) in [6.45, 7) is 4.26. The Balaban J connectivity index is 0.935. The van der Waals surface area contributed by atoms with Crippen LogP contribution in [0.1, 0.15) is 80.6 Å². The Hall–Kier alpha value is -8.64. The first kappa shape index (κ1) is 45.5. The van der Waals surface area contributed by atoms with Gasteiger partial charge in [0, 0.05) is 0 Å². The van der Waals surface area contributed by atoms with E-state index in [1.54, 1.807) is 0 Å². The van der Waals surface area contributed by atoms with E-state index in [0.717, 1.165) is 72.8 Å². The van der Waals surface area contributed by atoms with Gasteiger partial charge in [-0.3, -0.25) is 0 Å². The molecule has 4 nitrogen and oxygen atoms in total. The highest BCUT2D eigenvalue weighted by atomic mass is 16.5. The van der Waals surface area contributed by atoms with Gasteiger partial charge in [-0.2, -0.15) is 0 Å². The van der Waals surface area contributed by atoms with E-state index < -0.39 is 10.8 Å². The first-order chi connectivity index (χ1) is 36.0. The molecule has 2 unspecified atom stereocenters. The molecule has 0 aromatic heterocycles. The summed E-state index contributed by atoms with van der Waals surface area (Å²) < 4.78 is 11.9. The van der Waals surface area contributed by atoms with E-state index in [1.807, 2.05) is 38.1 Å². The fourth-order valence-electron chi connectivity index (χ4n) is 11.9. The number of aliphatic hydroxyl groups excluding tert-OH is 2. The Kier molecular flexibility index (Phi) is 11.7. The standard InChI is InChI=1S/C69H52O4/c1-3-5-35-72-58-31-23-50-40-56(29-21-52(50)42-58)68(64-13-9-7-11-60(64)62-33-19-48(44-70)38-66(62)68)54-25-15-46(16-26-54)37-47-17-27-55(28-18-47)69(57-30-22-53-43-59(73-36-6-4-2)32-24-51(53)41-57)65-14-10-8-12-61(65)63-34-20-49(45-71)39-67(63)69/h7-34,38-43,70-71H,35-37,44-45H2,1-2H3. The molecule has 352 valence electrons. The SMILES string of the molecule is CC#CCOc1ccc2cc(C3(c4ccc(Cc5ccc(C6(c7ccc8cc(OCC#CC)ccc8c7)c7ccccc7-c7ccc(CO)cc76)cc5)cc4)c4ccccc4-c4ccc(CO)cc43)ccc2c1. The summed E-state index contributed by atoms with van der Waals surface area (Å²) in [5, 5.41) is 25.5. The molecule has 12 rings (SSSR count). The van der Waals surface area contributed by atoms with Gasteiger partial charge in [0.05, 0.1) is 24.0 Å². The molecule has 0 fully saturated rings. The maximum absolute atomic E-state index is 10.5. The Morgan fingerprint density at radius 1 is 0.356 bits per heavy atom. The number of ether oxygens (including phenoxy) is 2. The minimum Gasteiger partial charge on any atom is -0.481 e. The smallest absolute Gasteiger partial charge is 0.149 e. The van der Waals surface area contributed by atoms with E-state index >= 15 is 0 Å². The molecule has 0 spiro atoms. The predicted molar refractivity (Wildman–Crippen MR) is 295 cm³/mol. The number of hydrogen-bond donors (Lipinski definition) is 2. The third-order valence-electron chi connectivity index (χ3n) is 15.2. The molecule has 2 aliphatic carbocycles. The van der Waals surface area contributed by atoms with Gasteiger partial charge in [0.1, 0.15) is 24.7 Å². The van der Waals surface area contributed by atoms with Gasteiger partial charge in [0.15, 0.2) is 0 Å². The normalized spacial score (nSPS) is 15.8. The lowest BCUT2D eigenvalue weighted by molar-refractivity contribution is 0.281. The first-order valence-electron chi connectivity index (χ1n) is 25.0. The monoisotopic (exact) mass is 944 g/mol. The molecule has 2 N–H and O–H groups in total. The zero-order chi connectivity index (χ0) is 49.5. The molecule has 4 heteroatoms. The summed E-state index contributed by atoms with van der Waals surface area (Å²) in [6.07, 6.45) is 0.749. The van der Waals surface area contributed by atoms with E-state index in [1.165, 1.54) is 55.6 Å². The number of fused-ring (bicyclic) bond motifs is 8.